The van der Waals surface area contributed by atoms with Crippen LogP contribution in [0.25, 0.3) is 0 Å². The third-order valence-corrected chi connectivity index (χ3v) is 7.11. The molecule has 2 aromatic carbocycles. The molecule has 0 unspecified atom stereocenters. The molecule has 0 bridgehead atoms. The summed E-state index contributed by atoms with van der Waals surface area (Å²) in [5.41, 5.74) is 0.543. The number of rotatable bonds is 11. The maximum Gasteiger partial charge on any atom is 0.339 e. The molecule has 3 aromatic rings. The number of ether oxygens (including phenoxy) is 3. The summed E-state index contributed by atoms with van der Waals surface area (Å²) in [6.45, 7) is 2.91. The van der Waals surface area contributed by atoms with Gasteiger partial charge < -0.3 is 34.4 Å². The van der Waals surface area contributed by atoms with Crippen molar-refractivity contribution in [2.45, 2.75) is 39.0 Å². The Morgan fingerprint density at radius 1 is 1.12 bits per heavy atom. The molecule has 13 heteroatoms. The molecule has 0 radical (unpaired) electrons. The summed E-state index contributed by atoms with van der Waals surface area (Å²) in [7, 11) is 2.97. The lowest BCUT2D eigenvalue weighted by atomic mass is 9.92. The number of carboxylic acids is 2. The summed E-state index contributed by atoms with van der Waals surface area (Å²) in [6, 6.07) is 10.2. The number of halogens is 1. The summed E-state index contributed by atoms with van der Waals surface area (Å²) in [6.07, 6.45) is -1.39. The molecule has 1 aliphatic heterocycles. The highest BCUT2D eigenvalue weighted by Crippen LogP contribution is 2.45. The average Bonchev–Trinajstić information content (AvgIpc) is 3.30. The molecular formula is C29H32ClN3O9. The topological polar surface area (TPSA) is 161 Å². The van der Waals surface area contributed by atoms with E-state index < -0.39 is 42.0 Å². The quantitative estimate of drug-likeness (QED) is 0.297. The number of aliphatic hydroxyl groups excluding tert-OH is 1. The Hall–Kier alpha value is -4.13. The van der Waals surface area contributed by atoms with E-state index in [2.05, 4.69) is 5.10 Å². The molecule has 0 aliphatic carbocycles. The van der Waals surface area contributed by atoms with Gasteiger partial charge in [0.1, 0.15) is 24.3 Å². The molecule has 4 rings (SSSR count). The van der Waals surface area contributed by atoms with E-state index in [1.54, 1.807) is 50.2 Å². The van der Waals surface area contributed by atoms with E-state index in [1.165, 1.54) is 19.1 Å². The van der Waals surface area contributed by atoms with Crippen LogP contribution < -0.4 is 14.4 Å². The van der Waals surface area contributed by atoms with Crippen molar-refractivity contribution in [2.24, 2.45) is 5.41 Å². The lowest BCUT2D eigenvalue weighted by Gasteiger charge is -2.32. The number of methoxy groups -OCH3 is 2. The van der Waals surface area contributed by atoms with E-state index in [1.807, 2.05) is 0 Å². The highest BCUT2D eigenvalue weighted by Gasteiger charge is 2.40. The molecule has 42 heavy (non-hydrogen) atoms. The van der Waals surface area contributed by atoms with Gasteiger partial charge in [0.2, 0.25) is 0 Å². The number of aromatic nitrogens is 2. The van der Waals surface area contributed by atoms with Crippen LogP contribution in [0.4, 0.5) is 5.69 Å². The van der Waals surface area contributed by atoms with Gasteiger partial charge in [-0.05, 0) is 24.3 Å². The van der Waals surface area contributed by atoms with Crippen molar-refractivity contribution in [3.63, 3.8) is 0 Å². The maximum absolute atomic E-state index is 14.3. The highest BCUT2D eigenvalue weighted by molar-refractivity contribution is 6.30. The number of hydrogen-bond donors (Lipinski definition) is 3. The zero-order chi connectivity index (χ0) is 30.8. The van der Waals surface area contributed by atoms with E-state index in [-0.39, 0.29) is 30.8 Å². The summed E-state index contributed by atoms with van der Waals surface area (Å²) >= 11 is 6.44. The van der Waals surface area contributed by atoms with Crippen molar-refractivity contribution in [1.82, 2.24) is 9.78 Å². The molecule has 224 valence electrons. The molecule has 0 saturated heterocycles. The van der Waals surface area contributed by atoms with Crippen molar-refractivity contribution < 1.29 is 43.9 Å². The van der Waals surface area contributed by atoms with Crippen molar-refractivity contribution in [3.8, 4) is 11.5 Å². The standard InChI is InChI=1S/C29H32ClN3O9/c1-29(2,15-34)14-33-21-9-8-16(30)10-18(21)25(17-6-5-7-22(40-3)26(17)41-4)42-23(27(33)37)11-20-19(28(38)39)12-32(31-20)13-24(35)36/h5-10,12,23,25,34H,11,13-15H2,1-4H3,(H,35,36)(H,38,39)/t23-,25-/m1/s1. The molecule has 0 fully saturated rings. The number of fused-ring (bicyclic) bond motifs is 1. The van der Waals surface area contributed by atoms with Gasteiger partial charge in [0.05, 0.1) is 19.9 Å². The van der Waals surface area contributed by atoms with Gasteiger partial charge in [-0.1, -0.05) is 37.6 Å². The molecular weight excluding hydrogens is 570 g/mol. The first-order valence-corrected chi connectivity index (χ1v) is 13.4. The Labute approximate surface area is 247 Å². The van der Waals surface area contributed by atoms with Crippen LogP contribution in [-0.2, 0) is 27.3 Å². The van der Waals surface area contributed by atoms with Gasteiger partial charge in [-0.25, -0.2) is 4.79 Å². The van der Waals surface area contributed by atoms with Crippen LogP contribution in [0.15, 0.2) is 42.6 Å². The zero-order valence-electron chi connectivity index (χ0n) is 23.5. The van der Waals surface area contributed by atoms with Crippen LogP contribution in [0.5, 0.6) is 11.5 Å². The first-order chi connectivity index (χ1) is 19.9. The van der Waals surface area contributed by atoms with Gasteiger partial charge in [0, 0.05) is 53.0 Å². The number of carbonyl (C=O) groups excluding carboxylic acids is 1. The third kappa shape index (κ3) is 6.35. The molecule has 2 atom stereocenters. The fourth-order valence-electron chi connectivity index (χ4n) is 4.89. The SMILES string of the molecule is COc1cccc([C@H]2O[C@H](Cc3nn(CC(=O)O)cc3C(=O)O)C(=O)N(CC(C)(C)CO)c3ccc(Cl)cc32)c1OC. The number of carboxylic acid groups (broad SMARTS) is 2. The second kappa shape index (κ2) is 12.4. The first kappa shape index (κ1) is 30.8. The Morgan fingerprint density at radius 3 is 2.48 bits per heavy atom. The van der Waals surface area contributed by atoms with Crippen LogP contribution in [-0.4, -0.2) is 76.4 Å². The van der Waals surface area contributed by atoms with Gasteiger partial charge in [-0.15, -0.1) is 0 Å². The second-order valence-corrected chi connectivity index (χ2v) is 11.1. The Bertz CT molecular complexity index is 1500. The molecule has 2 heterocycles. The fraction of sp³-hybridized carbons (Fsp3) is 0.379. The first-order valence-electron chi connectivity index (χ1n) is 13.0. The number of benzene rings is 2. The molecule has 0 saturated carbocycles. The Morgan fingerprint density at radius 2 is 1.86 bits per heavy atom. The number of anilines is 1. The van der Waals surface area contributed by atoms with Crippen molar-refractivity contribution in [2.75, 3.05) is 32.3 Å². The van der Waals surface area contributed by atoms with Crippen LogP contribution in [0.3, 0.4) is 0 Å². The van der Waals surface area contributed by atoms with Gasteiger partial charge in [-0.2, -0.15) is 5.10 Å². The van der Waals surface area contributed by atoms with Crippen molar-refractivity contribution >= 4 is 35.1 Å². The largest absolute Gasteiger partial charge is 0.493 e. The minimum absolute atomic E-state index is 0.0242. The number of para-hydroxylation sites is 1. The number of aromatic carboxylic acids is 1. The fourth-order valence-corrected chi connectivity index (χ4v) is 5.07. The molecule has 12 nitrogen and oxygen atoms in total. The van der Waals surface area contributed by atoms with E-state index in [0.29, 0.717) is 33.3 Å². The molecule has 0 spiro atoms. The summed E-state index contributed by atoms with van der Waals surface area (Å²) in [4.78, 5) is 39.1. The van der Waals surface area contributed by atoms with Gasteiger partial charge in [0.25, 0.3) is 5.91 Å². The van der Waals surface area contributed by atoms with Gasteiger partial charge in [-0.3, -0.25) is 14.3 Å². The van der Waals surface area contributed by atoms with E-state index in [0.717, 1.165) is 10.9 Å². The van der Waals surface area contributed by atoms with Crippen LogP contribution in [0.2, 0.25) is 5.02 Å². The number of carbonyl (C=O) groups is 3. The lowest BCUT2D eigenvalue weighted by molar-refractivity contribution is -0.138. The second-order valence-electron chi connectivity index (χ2n) is 10.6. The Balaban J connectivity index is 1.92. The van der Waals surface area contributed by atoms with E-state index in [4.69, 9.17) is 25.8 Å². The van der Waals surface area contributed by atoms with Gasteiger partial charge >= 0.3 is 11.9 Å². The van der Waals surface area contributed by atoms with E-state index >= 15 is 0 Å². The molecule has 1 aliphatic rings. The summed E-state index contributed by atoms with van der Waals surface area (Å²) in [5.74, 6) is -2.26. The average molecular weight is 602 g/mol. The number of amides is 1. The van der Waals surface area contributed by atoms with Crippen LogP contribution >= 0.6 is 11.6 Å². The number of nitrogens with zero attached hydrogens (tertiary/aromatic N) is 3. The van der Waals surface area contributed by atoms with Crippen molar-refractivity contribution in [3.05, 3.63) is 70.0 Å². The lowest BCUT2D eigenvalue weighted by Crippen LogP contribution is -2.46. The molecule has 1 aromatic heterocycles. The number of aliphatic carboxylic acids is 1. The number of hydrogen-bond acceptors (Lipinski definition) is 8. The Kier molecular flexibility index (Phi) is 9.09. The minimum Gasteiger partial charge on any atom is -0.493 e. The minimum atomic E-state index is -1.33. The predicted molar refractivity (Wildman–Crippen MR) is 151 cm³/mol. The smallest absolute Gasteiger partial charge is 0.339 e. The molecule has 3 N–H and O–H groups in total. The van der Waals surface area contributed by atoms with Crippen molar-refractivity contribution in [1.29, 1.82) is 0 Å². The number of aliphatic hydroxyl groups is 1. The van der Waals surface area contributed by atoms with Crippen LogP contribution in [0.1, 0.15) is 47.1 Å². The third-order valence-electron chi connectivity index (χ3n) is 6.88. The summed E-state index contributed by atoms with van der Waals surface area (Å²) < 4.78 is 18.7. The van der Waals surface area contributed by atoms with Gasteiger partial charge in [0.15, 0.2) is 11.5 Å². The molecule has 1 amide bonds. The van der Waals surface area contributed by atoms with Crippen LogP contribution in [0, 0.1) is 5.41 Å². The predicted octanol–water partition coefficient (Wildman–Crippen LogP) is 3.42. The monoisotopic (exact) mass is 601 g/mol. The maximum atomic E-state index is 14.3. The highest BCUT2D eigenvalue weighted by atomic mass is 35.5. The normalized spacial score (nSPS) is 17.0. The van der Waals surface area contributed by atoms with E-state index in [9.17, 15) is 29.7 Å². The zero-order valence-corrected chi connectivity index (χ0v) is 24.3. The summed E-state index contributed by atoms with van der Waals surface area (Å²) in [5, 5.41) is 33.6.